The number of benzene rings is 3. The van der Waals surface area contributed by atoms with Gasteiger partial charge in [0.25, 0.3) is 0 Å². The topological polar surface area (TPSA) is 46.6 Å². The van der Waals surface area contributed by atoms with Crippen LogP contribution in [-0.4, -0.2) is 18.4 Å². The Labute approximate surface area is 171 Å². The van der Waals surface area contributed by atoms with E-state index in [1.165, 1.54) is 5.56 Å². The highest BCUT2D eigenvalue weighted by molar-refractivity contribution is 6.06. The summed E-state index contributed by atoms with van der Waals surface area (Å²) in [5.41, 5.74) is 2.06. The molecule has 0 aromatic heterocycles. The van der Waals surface area contributed by atoms with E-state index in [2.05, 4.69) is 20.8 Å². The Morgan fingerprint density at radius 1 is 0.966 bits per heavy atom. The molecule has 148 valence electrons. The molecule has 1 aliphatic heterocycles. The number of fused-ring (bicyclic) bond motifs is 1. The van der Waals surface area contributed by atoms with Crippen LogP contribution in [0.3, 0.4) is 0 Å². The predicted molar refractivity (Wildman–Crippen MR) is 115 cm³/mol. The summed E-state index contributed by atoms with van der Waals surface area (Å²) in [6, 6.07) is 21.4. The molecular formula is C25H25NO3. The van der Waals surface area contributed by atoms with Crippen LogP contribution >= 0.6 is 0 Å². The fourth-order valence-corrected chi connectivity index (χ4v) is 3.76. The van der Waals surface area contributed by atoms with E-state index in [9.17, 15) is 9.59 Å². The molecule has 0 aliphatic carbocycles. The molecule has 0 unspecified atom stereocenters. The number of rotatable bonds is 3. The summed E-state index contributed by atoms with van der Waals surface area (Å²) in [6.45, 7) is 6.76. The van der Waals surface area contributed by atoms with Gasteiger partial charge in [-0.1, -0.05) is 69.3 Å². The Hall–Kier alpha value is -3.14. The molecule has 4 heteroatoms. The average molecular weight is 387 g/mol. The maximum Gasteiger partial charge on any atom is 0.316 e. The number of esters is 1. The van der Waals surface area contributed by atoms with Gasteiger partial charge in [-0.15, -0.1) is 0 Å². The predicted octanol–water partition coefficient (Wildman–Crippen LogP) is 5.10. The van der Waals surface area contributed by atoms with Crippen molar-refractivity contribution in [3.05, 3.63) is 72.3 Å². The Balaban J connectivity index is 1.49. The standard InChI is InChI=1S/C25H25NO3/c1-25(2,3)19-11-13-20(14-12-19)29-24(28)18-15-23(27)26(16-18)22-10-6-8-17-7-4-5-9-21(17)22/h4-14,18H,15-16H2,1-3H3/t18-/m1/s1. The van der Waals surface area contributed by atoms with Crippen LogP contribution in [0.25, 0.3) is 10.8 Å². The lowest BCUT2D eigenvalue weighted by atomic mass is 9.87. The van der Waals surface area contributed by atoms with Gasteiger partial charge in [-0.05, 0) is 34.6 Å². The monoisotopic (exact) mass is 387 g/mol. The maximum absolute atomic E-state index is 12.7. The average Bonchev–Trinajstić information content (AvgIpc) is 3.09. The molecule has 0 bridgehead atoms. The van der Waals surface area contributed by atoms with Crippen LogP contribution in [-0.2, 0) is 15.0 Å². The van der Waals surface area contributed by atoms with Crippen molar-refractivity contribution in [1.29, 1.82) is 0 Å². The minimum Gasteiger partial charge on any atom is -0.426 e. The van der Waals surface area contributed by atoms with E-state index in [0.717, 1.165) is 16.5 Å². The van der Waals surface area contributed by atoms with Gasteiger partial charge in [0, 0.05) is 18.4 Å². The van der Waals surface area contributed by atoms with Crippen LogP contribution in [0.1, 0.15) is 32.8 Å². The lowest BCUT2D eigenvalue weighted by molar-refractivity contribution is -0.139. The van der Waals surface area contributed by atoms with Crippen LogP contribution in [0, 0.1) is 5.92 Å². The van der Waals surface area contributed by atoms with Crippen LogP contribution < -0.4 is 9.64 Å². The number of carbonyl (C=O) groups excluding carboxylic acids is 2. The normalized spacial score (nSPS) is 17.0. The molecule has 0 spiro atoms. The number of carbonyl (C=O) groups is 2. The quantitative estimate of drug-likeness (QED) is 0.464. The fraction of sp³-hybridized carbons (Fsp3) is 0.280. The summed E-state index contributed by atoms with van der Waals surface area (Å²) in [7, 11) is 0. The number of hydrogen-bond acceptors (Lipinski definition) is 3. The second-order valence-corrected chi connectivity index (χ2v) is 8.60. The summed E-state index contributed by atoms with van der Waals surface area (Å²) in [4.78, 5) is 27.0. The molecule has 1 heterocycles. The molecule has 1 saturated heterocycles. The Kier molecular flexibility index (Phi) is 4.87. The van der Waals surface area contributed by atoms with E-state index in [1.807, 2.05) is 66.7 Å². The van der Waals surface area contributed by atoms with Crippen molar-refractivity contribution in [2.75, 3.05) is 11.4 Å². The van der Waals surface area contributed by atoms with Gasteiger partial charge in [-0.25, -0.2) is 0 Å². The zero-order valence-corrected chi connectivity index (χ0v) is 17.0. The molecule has 3 aromatic carbocycles. The first kappa shape index (κ1) is 19.2. The molecule has 3 aromatic rings. The third-order valence-electron chi connectivity index (χ3n) is 5.45. The van der Waals surface area contributed by atoms with Crippen molar-refractivity contribution in [3.63, 3.8) is 0 Å². The van der Waals surface area contributed by atoms with E-state index in [0.29, 0.717) is 12.3 Å². The molecule has 4 nitrogen and oxygen atoms in total. The number of nitrogens with zero attached hydrogens (tertiary/aromatic N) is 1. The van der Waals surface area contributed by atoms with Gasteiger partial charge in [0.15, 0.2) is 0 Å². The van der Waals surface area contributed by atoms with Crippen molar-refractivity contribution >= 4 is 28.3 Å². The van der Waals surface area contributed by atoms with E-state index in [1.54, 1.807) is 4.90 Å². The maximum atomic E-state index is 12.7. The molecule has 1 fully saturated rings. The van der Waals surface area contributed by atoms with Gasteiger partial charge in [0.2, 0.25) is 5.91 Å². The summed E-state index contributed by atoms with van der Waals surface area (Å²) < 4.78 is 5.57. The van der Waals surface area contributed by atoms with E-state index in [4.69, 9.17) is 4.74 Å². The third kappa shape index (κ3) is 3.88. The molecule has 1 atom stereocenters. The Bertz CT molecular complexity index is 1060. The molecule has 4 rings (SSSR count). The van der Waals surface area contributed by atoms with Gasteiger partial charge in [-0.2, -0.15) is 0 Å². The van der Waals surface area contributed by atoms with E-state index < -0.39 is 5.92 Å². The molecular weight excluding hydrogens is 362 g/mol. The summed E-state index contributed by atoms with van der Waals surface area (Å²) >= 11 is 0. The van der Waals surface area contributed by atoms with E-state index >= 15 is 0 Å². The van der Waals surface area contributed by atoms with Crippen molar-refractivity contribution in [2.24, 2.45) is 5.92 Å². The van der Waals surface area contributed by atoms with E-state index in [-0.39, 0.29) is 23.7 Å². The zero-order chi connectivity index (χ0) is 20.6. The Morgan fingerprint density at radius 3 is 2.38 bits per heavy atom. The Morgan fingerprint density at radius 2 is 1.66 bits per heavy atom. The van der Waals surface area contributed by atoms with Crippen LogP contribution in [0.2, 0.25) is 0 Å². The van der Waals surface area contributed by atoms with Crippen LogP contribution in [0.5, 0.6) is 5.75 Å². The first-order valence-electron chi connectivity index (χ1n) is 9.93. The second-order valence-electron chi connectivity index (χ2n) is 8.60. The summed E-state index contributed by atoms with van der Waals surface area (Å²) in [5, 5.41) is 2.08. The van der Waals surface area contributed by atoms with Crippen molar-refractivity contribution in [3.8, 4) is 5.75 Å². The third-order valence-corrected chi connectivity index (χ3v) is 5.45. The van der Waals surface area contributed by atoms with Crippen LogP contribution in [0.4, 0.5) is 5.69 Å². The largest absolute Gasteiger partial charge is 0.426 e. The van der Waals surface area contributed by atoms with Gasteiger partial charge < -0.3 is 9.64 Å². The first-order chi connectivity index (χ1) is 13.8. The lowest BCUT2D eigenvalue weighted by Crippen LogP contribution is -2.27. The minimum atomic E-state index is -0.469. The molecule has 1 amide bonds. The number of anilines is 1. The highest BCUT2D eigenvalue weighted by Crippen LogP contribution is 2.32. The summed E-state index contributed by atoms with van der Waals surface area (Å²) in [5.74, 6) is -0.362. The minimum absolute atomic E-state index is 0.0410. The number of ether oxygens (including phenoxy) is 1. The van der Waals surface area contributed by atoms with Gasteiger partial charge in [0.05, 0.1) is 11.6 Å². The van der Waals surface area contributed by atoms with Crippen LogP contribution in [0.15, 0.2) is 66.7 Å². The lowest BCUT2D eigenvalue weighted by Gasteiger charge is -2.19. The highest BCUT2D eigenvalue weighted by Gasteiger charge is 2.37. The van der Waals surface area contributed by atoms with Gasteiger partial charge >= 0.3 is 5.97 Å². The highest BCUT2D eigenvalue weighted by atomic mass is 16.5. The van der Waals surface area contributed by atoms with Crippen molar-refractivity contribution in [2.45, 2.75) is 32.6 Å². The second kappa shape index (κ2) is 7.36. The fourth-order valence-electron chi connectivity index (χ4n) is 3.76. The van der Waals surface area contributed by atoms with Gasteiger partial charge in [-0.3, -0.25) is 9.59 Å². The molecule has 1 aliphatic rings. The zero-order valence-electron chi connectivity index (χ0n) is 17.0. The van der Waals surface area contributed by atoms with Crippen molar-refractivity contribution in [1.82, 2.24) is 0 Å². The first-order valence-corrected chi connectivity index (χ1v) is 9.93. The molecule has 0 radical (unpaired) electrons. The van der Waals surface area contributed by atoms with Crippen molar-refractivity contribution < 1.29 is 14.3 Å². The molecule has 0 N–H and O–H groups in total. The SMILES string of the molecule is CC(C)(C)c1ccc(OC(=O)[C@@H]2CC(=O)N(c3cccc4ccccc34)C2)cc1. The smallest absolute Gasteiger partial charge is 0.316 e. The molecule has 29 heavy (non-hydrogen) atoms. The molecule has 0 saturated carbocycles. The number of hydrogen-bond donors (Lipinski definition) is 0. The van der Waals surface area contributed by atoms with Gasteiger partial charge in [0.1, 0.15) is 5.75 Å². The summed E-state index contributed by atoms with van der Waals surface area (Å²) in [6.07, 6.45) is 0.169. The number of amides is 1.